The average Bonchev–Trinajstić information content (AvgIpc) is 2.54. The Morgan fingerprint density at radius 1 is 1.50 bits per heavy atom. The van der Waals surface area contributed by atoms with E-state index in [1.54, 1.807) is 6.07 Å². The molecule has 3 heteroatoms. The SMILES string of the molecule is C=NC(=O)c1ccc(C)s1.CC. The molecule has 1 aromatic rings. The van der Waals surface area contributed by atoms with Crippen molar-refractivity contribution in [2.75, 3.05) is 0 Å². The van der Waals surface area contributed by atoms with Crippen LogP contribution in [0.5, 0.6) is 0 Å². The molecule has 0 saturated heterocycles. The number of thiophene rings is 1. The van der Waals surface area contributed by atoms with Gasteiger partial charge in [0.25, 0.3) is 5.91 Å². The summed E-state index contributed by atoms with van der Waals surface area (Å²) in [5, 5.41) is 0. The standard InChI is InChI=1S/C7H7NOS.C2H6/c1-5-3-4-6(10-5)7(9)8-2;1-2/h3-4H,2H2,1H3;1-2H3. The molecule has 1 heterocycles. The topological polar surface area (TPSA) is 29.4 Å². The number of aryl methyl sites for hydroxylation is 1. The minimum Gasteiger partial charge on any atom is -0.266 e. The number of amides is 1. The number of hydrogen-bond donors (Lipinski definition) is 0. The maximum absolute atomic E-state index is 10.8. The van der Waals surface area contributed by atoms with Crippen molar-refractivity contribution in [1.82, 2.24) is 0 Å². The van der Waals surface area contributed by atoms with Gasteiger partial charge in [0, 0.05) is 4.88 Å². The van der Waals surface area contributed by atoms with Gasteiger partial charge in [-0.1, -0.05) is 13.8 Å². The van der Waals surface area contributed by atoms with Gasteiger partial charge < -0.3 is 0 Å². The molecular formula is C9H13NOS. The summed E-state index contributed by atoms with van der Waals surface area (Å²) < 4.78 is 0. The maximum Gasteiger partial charge on any atom is 0.286 e. The summed E-state index contributed by atoms with van der Waals surface area (Å²) in [6.07, 6.45) is 0. The minimum absolute atomic E-state index is 0.238. The van der Waals surface area contributed by atoms with Crippen LogP contribution in [-0.2, 0) is 0 Å². The molecule has 0 spiro atoms. The van der Waals surface area contributed by atoms with Crippen LogP contribution in [0, 0.1) is 6.92 Å². The van der Waals surface area contributed by atoms with Gasteiger partial charge in [0.15, 0.2) is 0 Å². The fraction of sp³-hybridized carbons (Fsp3) is 0.333. The van der Waals surface area contributed by atoms with E-state index in [4.69, 9.17) is 0 Å². The highest BCUT2D eigenvalue weighted by atomic mass is 32.1. The van der Waals surface area contributed by atoms with E-state index in [-0.39, 0.29) is 5.91 Å². The third-order valence-corrected chi connectivity index (χ3v) is 2.08. The van der Waals surface area contributed by atoms with Gasteiger partial charge in [0.2, 0.25) is 0 Å². The summed E-state index contributed by atoms with van der Waals surface area (Å²) in [4.78, 5) is 15.9. The van der Waals surface area contributed by atoms with Gasteiger partial charge >= 0.3 is 0 Å². The first kappa shape index (κ1) is 11.0. The molecule has 0 saturated carbocycles. The van der Waals surface area contributed by atoms with Gasteiger partial charge in [-0.25, -0.2) is 4.99 Å². The second kappa shape index (κ2) is 5.66. The summed E-state index contributed by atoms with van der Waals surface area (Å²) in [5.41, 5.74) is 0. The second-order valence-electron chi connectivity index (χ2n) is 1.87. The van der Waals surface area contributed by atoms with Crippen molar-refractivity contribution < 1.29 is 4.79 Å². The molecule has 12 heavy (non-hydrogen) atoms. The van der Waals surface area contributed by atoms with Gasteiger partial charge in [-0.05, 0) is 25.8 Å². The Morgan fingerprint density at radius 3 is 2.42 bits per heavy atom. The molecule has 0 aliphatic carbocycles. The molecule has 0 aliphatic rings. The summed E-state index contributed by atoms with van der Waals surface area (Å²) in [5.74, 6) is -0.238. The van der Waals surface area contributed by atoms with Gasteiger partial charge in [0.1, 0.15) is 0 Å². The highest BCUT2D eigenvalue weighted by molar-refractivity contribution is 7.13. The van der Waals surface area contributed by atoms with E-state index >= 15 is 0 Å². The molecule has 1 amide bonds. The molecule has 0 atom stereocenters. The minimum atomic E-state index is -0.238. The molecule has 0 bridgehead atoms. The van der Waals surface area contributed by atoms with Crippen molar-refractivity contribution in [2.24, 2.45) is 4.99 Å². The monoisotopic (exact) mass is 183 g/mol. The fourth-order valence-electron chi connectivity index (χ4n) is 0.627. The van der Waals surface area contributed by atoms with E-state index < -0.39 is 0 Å². The molecule has 1 rings (SSSR count). The Kier molecular flexibility index (Phi) is 5.21. The molecule has 0 aliphatic heterocycles. The first-order valence-corrected chi connectivity index (χ1v) is 4.63. The number of nitrogens with zero attached hydrogens (tertiary/aromatic N) is 1. The molecule has 0 aromatic carbocycles. The lowest BCUT2D eigenvalue weighted by Gasteiger charge is -1.82. The molecule has 0 unspecified atom stereocenters. The van der Waals surface area contributed by atoms with Crippen LogP contribution in [0.15, 0.2) is 17.1 Å². The Hall–Kier alpha value is -0.960. The van der Waals surface area contributed by atoms with Crippen LogP contribution in [-0.4, -0.2) is 12.6 Å². The maximum atomic E-state index is 10.8. The first-order chi connectivity index (χ1) is 5.74. The van der Waals surface area contributed by atoms with Crippen LogP contribution in [0.25, 0.3) is 0 Å². The van der Waals surface area contributed by atoms with E-state index in [1.165, 1.54) is 11.3 Å². The molecular weight excluding hydrogens is 170 g/mol. The highest BCUT2D eigenvalue weighted by Crippen LogP contribution is 2.15. The van der Waals surface area contributed by atoms with Crippen LogP contribution in [0.1, 0.15) is 28.4 Å². The normalized spacial score (nSPS) is 8.25. The fourth-order valence-corrected chi connectivity index (χ4v) is 1.40. The Labute approximate surface area is 77.0 Å². The van der Waals surface area contributed by atoms with Crippen molar-refractivity contribution >= 4 is 24.0 Å². The van der Waals surface area contributed by atoms with Crippen LogP contribution in [0.4, 0.5) is 0 Å². The Bertz CT molecular complexity index is 265. The lowest BCUT2D eigenvalue weighted by molar-refractivity contribution is 0.101. The summed E-state index contributed by atoms with van der Waals surface area (Å²) in [7, 11) is 0. The van der Waals surface area contributed by atoms with Gasteiger partial charge in [0.05, 0.1) is 4.88 Å². The third-order valence-electron chi connectivity index (χ3n) is 1.09. The average molecular weight is 183 g/mol. The number of hydrogen-bond acceptors (Lipinski definition) is 2. The van der Waals surface area contributed by atoms with Crippen molar-refractivity contribution in [3.63, 3.8) is 0 Å². The quantitative estimate of drug-likeness (QED) is 0.615. The van der Waals surface area contributed by atoms with E-state index in [0.29, 0.717) is 4.88 Å². The van der Waals surface area contributed by atoms with Crippen molar-refractivity contribution in [3.8, 4) is 0 Å². The summed E-state index contributed by atoms with van der Waals surface area (Å²) in [6.45, 7) is 9.10. The number of aliphatic imine (C=N–C) groups is 1. The number of carbonyl (C=O) groups excluding carboxylic acids is 1. The van der Waals surface area contributed by atoms with Gasteiger partial charge in [-0.2, -0.15) is 0 Å². The molecule has 1 aromatic heterocycles. The van der Waals surface area contributed by atoms with Crippen LogP contribution >= 0.6 is 11.3 Å². The predicted octanol–water partition coefficient (Wildman–Crippen LogP) is 2.92. The smallest absolute Gasteiger partial charge is 0.266 e. The van der Waals surface area contributed by atoms with Crippen molar-refractivity contribution in [1.29, 1.82) is 0 Å². The first-order valence-electron chi connectivity index (χ1n) is 3.81. The summed E-state index contributed by atoms with van der Waals surface area (Å²) >= 11 is 1.44. The van der Waals surface area contributed by atoms with Gasteiger partial charge in [-0.3, -0.25) is 4.79 Å². The van der Waals surface area contributed by atoms with Crippen LogP contribution in [0.3, 0.4) is 0 Å². The molecule has 0 radical (unpaired) electrons. The van der Waals surface area contributed by atoms with E-state index in [0.717, 1.165) is 4.88 Å². The second-order valence-corrected chi connectivity index (χ2v) is 3.16. The van der Waals surface area contributed by atoms with Crippen LogP contribution in [0.2, 0.25) is 0 Å². The Balaban J connectivity index is 0.000000561. The van der Waals surface area contributed by atoms with Gasteiger partial charge in [-0.15, -0.1) is 11.3 Å². The summed E-state index contributed by atoms with van der Waals surface area (Å²) in [6, 6.07) is 3.65. The molecule has 66 valence electrons. The van der Waals surface area contributed by atoms with Crippen molar-refractivity contribution in [2.45, 2.75) is 20.8 Å². The largest absolute Gasteiger partial charge is 0.286 e. The highest BCUT2D eigenvalue weighted by Gasteiger charge is 2.03. The van der Waals surface area contributed by atoms with E-state index in [9.17, 15) is 4.79 Å². The van der Waals surface area contributed by atoms with E-state index in [2.05, 4.69) is 11.7 Å². The third kappa shape index (κ3) is 2.96. The zero-order valence-electron chi connectivity index (χ0n) is 7.63. The number of carbonyl (C=O) groups is 1. The molecule has 0 N–H and O–H groups in total. The zero-order chi connectivity index (χ0) is 9.56. The van der Waals surface area contributed by atoms with Crippen molar-refractivity contribution in [3.05, 3.63) is 21.9 Å². The lowest BCUT2D eigenvalue weighted by Crippen LogP contribution is -1.86. The molecule has 2 nitrogen and oxygen atoms in total. The lowest BCUT2D eigenvalue weighted by atomic mass is 10.4. The predicted molar refractivity (Wildman–Crippen MR) is 54.3 cm³/mol. The molecule has 0 fully saturated rings. The Morgan fingerprint density at radius 2 is 2.08 bits per heavy atom. The number of rotatable bonds is 1. The van der Waals surface area contributed by atoms with E-state index in [1.807, 2.05) is 26.8 Å². The van der Waals surface area contributed by atoms with Crippen LogP contribution < -0.4 is 0 Å². The zero-order valence-corrected chi connectivity index (χ0v) is 8.44.